The van der Waals surface area contributed by atoms with Crippen molar-refractivity contribution < 1.29 is 42.5 Å². The average molecular weight is 481 g/mol. The third-order valence-electron chi connectivity index (χ3n) is 6.28. The summed E-state index contributed by atoms with van der Waals surface area (Å²) in [7, 11) is -4.55. The maximum absolute atomic E-state index is 11.9. The Labute approximate surface area is 222 Å². The Kier molecular flexibility index (Phi) is 12.3. The van der Waals surface area contributed by atoms with Crippen LogP contribution in [0.1, 0.15) is 83.1 Å². The molecule has 3 rings (SSSR count). The minimum Gasteiger partial charge on any atom is -0.744 e. The fraction of sp³-hybridized carbons (Fsp3) is 0.538. The molecule has 33 heavy (non-hydrogen) atoms. The van der Waals surface area contributed by atoms with E-state index in [0.29, 0.717) is 12.2 Å². The van der Waals surface area contributed by atoms with Crippen molar-refractivity contribution >= 4 is 21.5 Å². The summed E-state index contributed by atoms with van der Waals surface area (Å²) >= 11 is 0. The summed E-state index contributed by atoms with van der Waals surface area (Å²) in [5.74, 6) is 0. The molecule has 1 unspecified atom stereocenters. The molecule has 176 valence electrons. The molecule has 0 bridgehead atoms. The Morgan fingerprint density at radius 3 is 2.06 bits per heavy atom. The van der Waals surface area contributed by atoms with Crippen LogP contribution in [0.25, 0.3) is 0 Å². The van der Waals surface area contributed by atoms with Gasteiger partial charge in [0.15, 0.2) is 0 Å². The van der Waals surface area contributed by atoms with Crippen LogP contribution in [0.5, 0.6) is 0 Å². The third-order valence-corrected chi connectivity index (χ3v) is 7.15. The molecule has 1 atom stereocenters. The van der Waals surface area contributed by atoms with E-state index in [9.17, 15) is 13.0 Å². The van der Waals surface area contributed by atoms with Crippen LogP contribution in [-0.4, -0.2) is 19.1 Å². The van der Waals surface area contributed by atoms with E-state index >= 15 is 0 Å². The van der Waals surface area contributed by atoms with E-state index in [2.05, 4.69) is 17.1 Å². The van der Waals surface area contributed by atoms with Gasteiger partial charge in [-0.1, -0.05) is 101 Å². The summed E-state index contributed by atoms with van der Waals surface area (Å²) in [5.41, 5.74) is 2.34. The Bertz CT molecular complexity index is 938. The molecule has 0 radical (unpaired) electrons. The first-order valence-corrected chi connectivity index (χ1v) is 13.6. The zero-order valence-corrected chi connectivity index (χ0v) is 23.1. The predicted octanol–water partition coefficient (Wildman–Crippen LogP) is 3.66. The molecule has 1 heterocycles. The van der Waals surface area contributed by atoms with Crippen LogP contribution >= 0.6 is 0 Å². The molecule has 1 aliphatic rings. The van der Waals surface area contributed by atoms with E-state index < -0.39 is 10.1 Å². The average Bonchev–Trinajstić information content (AvgIpc) is 3.12. The molecule has 0 amide bonds. The van der Waals surface area contributed by atoms with E-state index in [1.807, 2.05) is 36.4 Å². The zero-order chi connectivity index (χ0) is 22.8. The van der Waals surface area contributed by atoms with Crippen molar-refractivity contribution in [2.45, 2.75) is 95.2 Å². The second-order valence-electron chi connectivity index (χ2n) is 8.85. The number of para-hydroxylation sites is 1. The Balaban J connectivity index is 0.00000385. The zero-order valence-electron chi connectivity index (χ0n) is 20.3. The van der Waals surface area contributed by atoms with Gasteiger partial charge in [0.25, 0.3) is 0 Å². The van der Waals surface area contributed by atoms with Gasteiger partial charge in [0, 0.05) is 6.54 Å². The number of rotatable bonds is 14. The first kappa shape index (κ1) is 28.2. The SMILES string of the molecule is CCCCCCCCCCCCC1Nc2cccc(S(=O)(=O)[O-])c2N1Cc1ccccc1.[Na+]. The molecular weight excluding hydrogens is 443 g/mol. The third kappa shape index (κ3) is 8.59. The maximum atomic E-state index is 11.9. The van der Waals surface area contributed by atoms with Crippen molar-refractivity contribution in [2.75, 3.05) is 10.2 Å². The number of fused-ring (bicyclic) bond motifs is 1. The summed E-state index contributed by atoms with van der Waals surface area (Å²) in [5, 5.41) is 3.47. The summed E-state index contributed by atoms with van der Waals surface area (Å²) in [4.78, 5) is 1.92. The summed E-state index contributed by atoms with van der Waals surface area (Å²) in [6.45, 7) is 2.81. The number of benzene rings is 2. The topological polar surface area (TPSA) is 72.5 Å². The first-order valence-electron chi connectivity index (χ1n) is 12.2. The van der Waals surface area contributed by atoms with Gasteiger partial charge in [0.05, 0.1) is 22.4 Å². The van der Waals surface area contributed by atoms with E-state index in [-0.39, 0.29) is 40.6 Å². The molecule has 2 aromatic rings. The normalized spacial score (nSPS) is 15.1. The van der Waals surface area contributed by atoms with Crippen LogP contribution in [0.3, 0.4) is 0 Å². The van der Waals surface area contributed by atoms with Gasteiger partial charge in [-0.3, -0.25) is 0 Å². The molecule has 1 N–H and O–H groups in total. The predicted molar refractivity (Wildman–Crippen MR) is 131 cm³/mol. The number of nitrogens with zero attached hydrogens (tertiary/aromatic N) is 1. The molecule has 0 saturated heterocycles. The molecule has 0 spiro atoms. The molecular formula is C26H37N2NaO3S. The number of hydrogen-bond donors (Lipinski definition) is 1. The van der Waals surface area contributed by atoms with E-state index in [1.54, 1.807) is 6.07 Å². The Hall–Kier alpha value is -1.05. The molecule has 0 aromatic heterocycles. The maximum Gasteiger partial charge on any atom is 1.00 e. The van der Waals surface area contributed by atoms with Gasteiger partial charge in [-0.05, 0) is 30.5 Å². The Morgan fingerprint density at radius 1 is 0.848 bits per heavy atom. The van der Waals surface area contributed by atoms with Crippen LogP contribution in [0.4, 0.5) is 11.4 Å². The molecule has 1 aliphatic heterocycles. The fourth-order valence-electron chi connectivity index (χ4n) is 4.57. The van der Waals surface area contributed by atoms with Crippen LogP contribution in [0.15, 0.2) is 53.4 Å². The monoisotopic (exact) mass is 480 g/mol. The number of hydrogen-bond acceptors (Lipinski definition) is 5. The van der Waals surface area contributed by atoms with Gasteiger partial charge < -0.3 is 14.8 Å². The molecule has 7 heteroatoms. The second-order valence-corrected chi connectivity index (χ2v) is 10.2. The summed E-state index contributed by atoms with van der Waals surface area (Å²) in [6.07, 6.45) is 13.7. The van der Waals surface area contributed by atoms with Crippen molar-refractivity contribution in [3.63, 3.8) is 0 Å². The smallest absolute Gasteiger partial charge is 0.744 e. The van der Waals surface area contributed by atoms with Crippen molar-refractivity contribution in [3.05, 3.63) is 54.1 Å². The molecule has 0 fully saturated rings. The van der Waals surface area contributed by atoms with Gasteiger partial charge in [0.1, 0.15) is 10.1 Å². The standard InChI is InChI=1S/C26H38N2O3S.Na/c1-2-3-4-5-6-7-8-9-10-14-20-25-27-23-18-15-19-24(32(29,30)31)26(23)28(25)21-22-16-12-11-13-17-22;/h11-13,15-19,25,27H,2-10,14,20-21H2,1H3,(H,29,30,31);/q;+1/p-1. The van der Waals surface area contributed by atoms with Crippen LogP contribution in [-0.2, 0) is 16.7 Å². The number of nitrogens with one attached hydrogen (secondary N) is 1. The van der Waals surface area contributed by atoms with Gasteiger partial charge >= 0.3 is 29.6 Å². The van der Waals surface area contributed by atoms with Crippen LogP contribution < -0.4 is 39.8 Å². The molecule has 2 aromatic carbocycles. The number of unbranched alkanes of at least 4 members (excludes halogenated alkanes) is 9. The molecule has 0 aliphatic carbocycles. The van der Waals surface area contributed by atoms with Gasteiger partial charge in [-0.25, -0.2) is 8.42 Å². The summed E-state index contributed by atoms with van der Waals surface area (Å²) in [6, 6.07) is 14.9. The van der Waals surface area contributed by atoms with Crippen LogP contribution in [0, 0.1) is 0 Å². The van der Waals surface area contributed by atoms with E-state index in [0.717, 1.165) is 24.1 Å². The van der Waals surface area contributed by atoms with Gasteiger partial charge in [-0.2, -0.15) is 0 Å². The van der Waals surface area contributed by atoms with Crippen LogP contribution in [0.2, 0.25) is 0 Å². The fourth-order valence-corrected chi connectivity index (χ4v) is 5.28. The largest absolute Gasteiger partial charge is 1.00 e. The molecule has 5 nitrogen and oxygen atoms in total. The van der Waals surface area contributed by atoms with Crippen molar-refractivity contribution in [1.29, 1.82) is 0 Å². The minimum atomic E-state index is -4.55. The quantitative estimate of drug-likeness (QED) is 0.254. The number of anilines is 2. The van der Waals surface area contributed by atoms with Gasteiger partial charge in [0.2, 0.25) is 0 Å². The first-order chi connectivity index (χ1) is 15.5. The summed E-state index contributed by atoms with van der Waals surface area (Å²) < 4.78 is 35.8. The molecule has 0 saturated carbocycles. The van der Waals surface area contributed by atoms with E-state index in [1.165, 1.54) is 63.9 Å². The van der Waals surface area contributed by atoms with Gasteiger partial charge in [-0.15, -0.1) is 0 Å². The van der Waals surface area contributed by atoms with Crippen molar-refractivity contribution in [2.24, 2.45) is 0 Å². The van der Waals surface area contributed by atoms with Crippen molar-refractivity contribution in [1.82, 2.24) is 0 Å². The van der Waals surface area contributed by atoms with Crippen molar-refractivity contribution in [3.8, 4) is 0 Å². The Morgan fingerprint density at radius 2 is 1.45 bits per heavy atom. The minimum absolute atomic E-state index is 0. The second kappa shape index (κ2) is 14.4. The van der Waals surface area contributed by atoms with E-state index in [4.69, 9.17) is 0 Å².